The number of aliphatic hydroxyl groups excluding tert-OH is 1. The van der Waals surface area contributed by atoms with E-state index in [1.54, 1.807) is 65.6 Å². The molecule has 10 heteroatoms. The van der Waals surface area contributed by atoms with Crippen LogP contribution in [-0.4, -0.2) is 68.4 Å². The van der Waals surface area contributed by atoms with Crippen LogP contribution in [0.15, 0.2) is 114 Å². The number of hydrogen-bond acceptors (Lipinski definition) is 7. The molecule has 0 saturated carbocycles. The van der Waals surface area contributed by atoms with E-state index in [4.69, 9.17) is 0 Å². The van der Waals surface area contributed by atoms with Crippen LogP contribution >= 0.6 is 0 Å². The first-order valence-electron chi connectivity index (χ1n) is 16.1. The molecule has 0 spiro atoms. The van der Waals surface area contributed by atoms with Crippen molar-refractivity contribution in [2.45, 2.75) is 24.5 Å². The maximum Gasteiger partial charge on any atom is 0.345 e. The molecule has 1 aliphatic heterocycles. The van der Waals surface area contributed by atoms with Gasteiger partial charge in [0.2, 0.25) is 11.2 Å². The number of carbonyl (C=O) groups is 2. The number of carbonyl (C=O) groups excluding carboxylic acids is 1. The zero-order chi connectivity index (χ0) is 34.5. The van der Waals surface area contributed by atoms with Crippen LogP contribution in [0.2, 0.25) is 0 Å². The van der Waals surface area contributed by atoms with Crippen LogP contribution in [0.5, 0.6) is 5.75 Å². The molecular weight excluding hydrogens is 622 g/mol. The second kappa shape index (κ2) is 14.3. The van der Waals surface area contributed by atoms with Gasteiger partial charge in [0, 0.05) is 42.2 Å². The molecule has 0 saturated heterocycles. The van der Waals surface area contributed by atoms with Crippen molar-refractivity contribution in [3.05, 3.63) is 153 Å². The molecule has 5 aromatic rings. The van der Waals surface area contributed by atoms with Gasteiger partial charge in [-0.05, 0) is 77.5 Å². The molecule has 0 aliphatic carbocycles. The van der Waals surface area contributed by atoms with E-state index < -0.39 is 17.7 Å². The highest BCUT2D eigenvalue weighted by Gasteiger charge is 2.40. The largest absolute Gasteiger partial charge is 0.506 e. The Morgan fingerprint density at radius 2 is 1.67 bits per heavy atom. The Morgan fingerprint density at radius 3 is 2.39 bits per heavy atom. The average molecular weight is 660 g/mol. The molecule has 0 radical (unpaired) electrons. The highest BCUT2D eigenvalue weighted by molar-refractivity contribution is 5.95. The lowest BCUT2D eigenvalue weighted by molar-refractivity contribution is -0.155. The molecule has 2 unspecified atom stereocenters. The molecule has 49 heavy (non-hydrogen) atoms. The minimum atomic E-state index is -2.19. The molecule has 250 valence electrons. The standard InChI is InChI=1S/C39H37N3O7/c43-33-15-13-31(32-14-16-35(45)41-36(32)33)34(44)24-40-20-17-25-9-11-27(12-10-25)37(46)42-21-18-26(19-22-42)28-5-4-8-30(23-28)39(49,38(47)48)29-6-2-1-3-7-29/h1-16,18,23,34,40,43-44,49H,17,19-22,24H2,(H,41,45)(H,47,48). The minimum absolute atomic E-state index is 0.0564. The molecule has 0 bridgehead atoms. The van der Waals surface area contributed by atoms with Gasteiger partial charge in [-0.3, -0.25) is 9.59 Å². The topological polar surface area (TPSA) is 163 Å². The van der Waals surface area contributed by atoms with Gasteiger partial charge in [-0.2, -0.15) is 0 Å². The van der Waals surface area contributed by atoms with E-state index in [0.717, 1.165) is 16.7 Å². The second-order valence-electron chi connectivity index (χ2n) is 12.1. The fourth-order valence-electron chi connectivity index (χ4n) is 6.28. The van der Waals surface area contributed by atoms with Crippen LogP contribution in [0.25, 0.3) is 16.5 Å². The van der Waals surface area contributed by atoms with Crippen LogP contribution in [0, 0.1) is 0 Å². The van der Waals surface area contributed by atoms with Crippen molar-refractivity contribution >= 4 is 28.4 Å². The summed E-state index contributed by atoms with van der Waals surface area (Å²) in [4.78, 5) is 41.6. The molecule has 6 rings (SSSR count). The van der Waals surface area contributed by atoms with Crippen molar-refractivity contribution in [2.24, 2.45) is 0 Å². The van der Waals surface area contributed by atoms with E-state index in [2.05, 4.69) is 10.3 Å². The van der Waals surface area contributed by atoms with Crippen molar-refractivity contribution in [2.75, 3.05) is 26.2 Å². The predicted molar refractivity (Wildman–Crippen MR) is 186 cm³/mol. The summed E-state index contributed by atoms with van der Waals surface area (Å²) < 4.78 is 0. The predicted octanol–water partition coefficient (Wildman–Crippen LogP) is 4.35. The smallest absolute Gasteiger partial charge is 0.345 e. The number of carboxylic acids is 1. The summed E-state index contributed by atoms with van der Waals surface area (Å²) in [6.07, 6.45) is 2.39. The normalized spacial score (nSPS) is 15.0. The van der Waals surface area contributed by atoms with Crippen LogP contribution in [0.4, 0.5) is 0 Å². The molecule has 6 N–H and O–H groups in total. The number of aliphatic carboxylic acids is 1. The number of rotatable bonds is 11. The van der Waals surface area contributed by atoms with Gasteiger partial charge < -0.3 is 35.6 Å². The van der Waals surface area contributed by atoms with Gasteiger partial charge in [-0.15, -0.1) is 0 Å². The molecule has 10 nitrogen and oxygen atoms in total. The van der Waals surface area contributed by atoms with Gasteiger partial charge in [0.1, 0.15) is 5.75 Å². The van der Waals surface area contributed by atoms with Gasteiger partial charge in [-0.1, -0.05) is 72.8 Å². The first kappa shape index (κ1) is 33.4. The van der Waals surface area contributed by atoms with Crippen molar-refractivity contribution < 1.29 is 30.0 Å². The maximum absolute atomic E-state index is 13.3. The first-order chi connectivity index (χ1) is 23.6. The van der Waals surface area contributed by atoms with E-state index in [0.29, 0.717) is 54.5 Å². The summed E-state index contributed by atoms with van der Waals surface area (Å²) in [5, 5.41) is 45.9. The third kappa shape index (κ3) is 7.02. The van der Waals surface area contributed by atoms with Crippen LogP contribution < -0.4 is 10.9 Å². The van der Waals surface area contributed by atoms with Crippen molar-refractivity contribution in [3.8, 4) is 5.75 Å². The van der Waals surface area contributed by atoms with E-state index in [1.165, 1.54) is 12.1 Å². The number of pyridine rings is 1. The number of nitrogens with one attached hydrogen (secondary N) is 2. The summed E-state index contributed by atoms with van der Waals surface area (Å²) >= 11 is 0. The van der Waals surface area contributed by atoms with E-state index in [9.17, 15) is 34.8 Å². The number of benzene rings is 4. The molecule has 1 aromatic heterocycles. The SMILES string of the molecule is O=C(c1ccc(CCNCC(O)c2ccc(O)c3[nH]c(=O)ccc23)cc1)N1CC=C(c2cccc(C(O)(C(=O)O)c3ccccc3)c2)CC1. The van der Waals surface area contributed by atoms with E-state index in [1.807, 2.05) is 36.4 Å². The van der Waals surface area contributed by atoms with Gasteiger partial charge in [0.15, 0.2) is 0 Å². The molecule has 2 atom stereocenters. The summed E-state index contributed by atoms with van der Waals surface area (Å²) in [6, 6.07) is 28.8. The van der Waals surface area contributed by atoms with Crippen molar-refractivity contribution in [1.29, 1.82) is 0 Å². The Morgan fingerprint density at radius 1 is 0.918 bits per heavy atom. The number of aliphatic hydroxyl groups is 2. The lowest BCUT2D eigenvalue weighted by Crippen LogP contribution is -2.37. The zero-order valence-electron chi connectivity index (χ0n) is 26.7. The Kier molecular flexibility index (Phi) is 9.72. The summed E-state index contributed by atoms with van der Waals surface area (Å²) in [7, 11) is 0. The summed E-state index contributed by atoms with van der Waals surface area (Å²) in [5.74, 6) is -1.49. The van der Waals surface area contributed by atoms with Crippen LogP contribution in [0.1, 0.15) is 50.7 Å². The Bertz CT molecular complexity index is 2070. The second-order valence-corrected chi connectivity index (χ2v) is 12.1. The number of aromatic nitrogens is 1. The maximum atomic E-state index is 13.3. The van der Waals surface area contributed by atoms with Crippen molar-refractivity contribution in [1.82, 2.24) is 15.2 Å². The lowest BCUT2D eigenvalue weighted by atomic mass is 9.84. The number of phenolic OH excluding ortho intramolecular Hbond substituents is 1. The number of aromatic hydroxyl groups is 1. The quantitative estimate of drug-likeness (QED) is 0.114. The fourth-order valence-corrected chi connectivity index (χ4v) is 6.28. The molecule has 0 fully saturated rings. The van der Waals surface area contributed by atoms with Gasteiger partial charge >= 0.3 is 5.97 Å². The lowest BCUT2D eigenvalue weighted by Gasteiger charge is -2.28. The molecule has 1 amide bonds. The number of aromatic amines is 1. The molecular formula is C39H37N3O7. The van der Waals surface area contributed by atoms with Crippen LogP contribution in [0.3, 0.4) is 0 Å². The Labute approximate surface area is 282 Å². The molecule has 2 heterocycles. The third-order valence-corrected chi connectivity index (χ3v) is 9.04. The van der Waals surface area contributed by atoms with E-state index in [-0.39, 0.29) is 34.9 Å². The van der Waals surface area contributed by atoms with Gasteiger partial charge in [0.25, 0.3) is 5.91 Å². The number of nitrogens with zero attached hydrogens (tertiary/aromatic N) is 1. The average Bonchev–Trinajstić information content (AvgIpc) is 3.13. The summed E-state index contributed by atoms with van der Waals surface area (Å²) in [5.41, 5.74) is 2.30. The monoisotopic (exact) mass is 659 g/mol. The van der Waals surface area contributed by atoms with Crippen molar-refractivity contribution in [3.63, 3.8) is 0 Å². The number of fused-ring (bicyclic) bond motifs is 1. The highest BCUT2D eigenvalue weighted by atomic mass is 16.4. The number of amides is 1. The molecule has 4 aromatic carbocycles. The van der Waals surface area contributed by atoms with E-state index >= 15 is 0 Å². The number of H-pyrrole nitrogens is 1. The number of carboxylic acid groups (broad SMARTS) is 1. The van der Waals surface area contributed by atoms with Gasteiger partial charge in [-0.25, -0.2) is 4.79 Å². The Balaban J connectivity index is 1.03. The minimum Gasteiger partial charge on any atom is -0.506 e. The van der Waals surface area contributed by atoms with Gasteiger partial charge in [0.05, 0.1) is 11.6 Å². The van der Waals surface area contributed by atoms with Crippen LogP contribution in [-0.2, 0) is 16.8 Å². The zero-order valence-corrected chi connectivity index (χ0v) is 26.7. The first-order valence-corrected chi connectivity index (χ1v) is 16.1. The highest BCUT2D eigenvalue weighted by Crippen LogP contribution is 2.33. The third-order valence-electron chi connectivity index (χ3n) is 9.04. The number of phenols is 1. The number of hydrogen-bond donors (Lipinski definition) is 6. The Hall–Kier alpha value is -5.55. The molecule has 1 aliphatic rings. The summed E-state index contributed by atoms with van der Waals surface area (Å²) in [6.45, 7) is 1.77. The fraction of sp³-hybridized carbons (Fsp3) is 0.205.